The van der Waals surface area contributed by atoms with E-state index in [1.54, 1.807) is 0 Å². The second kappa shape index (κ2) is 5.46. The molecule has 0 bridgehead atoms. The van der Waals surface area contributed by atoms with E-state index in [9.17, 15) is 0 Å². The summed E-state index contributed by atoms with van der Waals surface area (Å²) in [4.78, 5) is 4.67. The van der Waals surface area contributed by atoms with Crippen LogP contribution in [-0.2, 0) is 12.4 Å². The minimum atomic E-state index is 0.359. The molecule has 110 valence electrons. The maximum atomic E-state index is 6.11. The molecule has 0 aliphatic heterocycles. The molecule has 0 unspecified atom stereocenters. The van der Waals surface area contributed by atoms with Crippen molar-refractivity contribution < 1.29 is 0 Å². The van der Waals surface area contributed by atoms with E-state index in [2.05, 4.69) is 62.6 Å². The molecule has 0 saturated carbocycles. The Morgan fingerprint density at radius 3 is 2.67 bits per heavy atom. The summed E-state index contributed by atoms with van der Waals surface area (Å²) in [5.74, 6) is 1.19. The number of fused-ring (bicyclic) bond motifs is 1. The first-order valence-electron chi connectivity index (χ1n) is 6.84. The van der Waals surface area contributed by atoms with Crippen LogP contribution in [0.15, 0.2) is 22.7 Å². The van der Waals surface area contributed by atoms with Gasteiger partial charge in [0.25, 0.3) is 0 Å². The number of hydrogen-bond acceptors (Lipinski definition) is 2. The second-order valence-corrected chi connectivity index (χ2v) is 6.15. The third-order valence-corrected chi connectivity index (χ3v) is 4.42. The normalized spacial score (nSPS) is 11.5. The molecule has 0 aliphatic carbocycles. The lowest BCUT2D eigenvalue weighted by Gasteiger charge is -2.11. The van der Waals surface area contributed by atoms with E-state index >= 15 is 0 Å². The van der Waals surface area contributed by atoms with E-state index in [0.29, 0.717) is 5.88 Å². The molecular formula is C15H16BrClN4. The van der Waals surface area contributed by atoms with Crippen LogP contribution in [0.25, 0.3) is 16.9 Å². The van der Waals surface area contributed by atoms with E-state index in [1.807, 2.05) is 11.6 Å². The van der Waals surface area contributed by atoms with E-state index < -0.39 is 0 Å². The average Bonchev–Trinajstić information content (AvgIpc) is 2.97. The van der Waals surface area contributed by atoms with Gasteiger partial charge in [0.15, 0.2) is 5.65 Å². The van der Waals surface area contributed by atoms with Gasteiger partial charge in [0.2, 0.25) is 0 Å². The van der Waals surface area contributed by atoms with Crippen LogP contribution in [0.2, 0.25) is 0 Å². The van der Waals surface area contributed by atoms with Crippen LogP contribution in [0.5, 0.6) is 0 Å². The van der Waals surface area contributed by atoms with E-state index in [-0.39, 0.29) is 0 Å². The van der Waals surface area contributed by atoms with Crippen LogP contribution in [0, 0.1) is 13.8 Å². The fourth-order valence-corrected chi connectivity index (χ4v) is 3.42. The maximum Gasteiger partial charge on any atom is 0.163 e. The Hall–Kier alpha value is -1.33. The van der Waals surface area contributed by atoms with Gasteiger partial charge in [-0.15, -0.1) is 11.6 Å². The summed E-state index contributed by atoms with van der Waals surface area (Å²) in [6.07, 6.45) is 0. The molecule has 0 atom stereocenters. The molecule has 0 fully saturated rings. The van der Waals surface area contributed by atoms with Gasteiger partial charge < -0.3 is 0 Å². The third kappa shape index (κ3) is 2.28. The zero-order chi connectivity index (χ0) is 15.1. The van der Waals surface area contributed by atoms with Gasteiger partial charge in [-0.2, -0.15) is 5.10 Å². The van der Waals surface area contributed by atoms with Gasteiger partial charge in [0.1, 0.15) is 11.3 Å². The van der Waals surface area contributed by atoms with Crippen molar-refractivity contribution in [1.29, 1.82) is 0 Å². The largest absolute Gasteiger partial charge is 0.279 e. The van der Waals surface area contributed by atoms with Gasteiger partial charge in [-0.3, -0.25) is 4.57 Å². The fraction of sp³-hybridized carbons (Fsp3) is 0.333. The monoisotopic (exact) mass is 366 g/mol. The summed E-state index contributed by atoms with van der Waals surface area (Å²) in [7, 11) is 0. The molecule has 0 aliphatic rings. The Bertz CT molecular complexity index is 819. The molecule has 0 radical (unpaired) electrons. The Morgan fingerprint density at radius 1 is 1.29 bits per heavy atom. The highest BCUT2D eigenvalue weighted by atomic mass is 79.9. The molecule has 4 nitrogen and oxygen atoms in total. The van der Waals surface area contributed by atoms with Crippen molar-refractivity contribution in [3.05, 3.63) is 39.8 Å². The van der Waals surface area contributed by atoms with E-state index in [1.165, 1.54) is 5.56 Å². The van der Waals surface area contributed by atoms with Gasteiger partial charge >= 0.3 is 0 Å². The number of benzene rings is 1. The van der Waals surface area contributed by atoms with Crippen LogP contribution in [0.1, 0.15) is 24.0 Å². The quantitative estimate of drug-likeness (QED) is 0.645. The summed E-state index contributed by atoms with van der Waals surface area (Å²) < 4.78 is 5.09. The number of hydrogen-bond donors (Lipinski definition) is 0. The predicted molar refractivity (Wildman–Crippen MR) is 89.3 cm³/mol. The second-order valence-electron chi connectivity index (χ2n) is 5.03. The lowest BCUT2D eigenvalue weighted by molar-refractivity contribution is 0.660. The lowest BCUT2D eigenvalue weighted by Crippen LogP contribution is -2.06. The number of alkyl halides is 1. The summed E-state index contributed by atoms with van der Waals surface area (Å²) in [6, 6.07) is 6.26. The van der Waals surface area contributed by atoms with Crippen molar-refractivity contribution in [3.63, 3.8) is 0 Å². The first-order valence-corrected chi connectivity index (χ1v) is 8.16. The number of aromatic nitrogens is 4. The number of rotatable bonds is 3. The zero-order valence-corrected chi connectivity index (χ0v) is 14.5. The average molecular weight is 368 g/mol. The van der Waals surface area contributed by atoms with Gasteiger partial charge in [0.05, 0.1) is 17.3 Å². The van der Waals surface area contributed by atoms with Crippen LogP contribution in [0.4, 0.5) is 0 Å². The standard InChI is InChI=1S/C15H16BrClN4/c1-4-20-15-14(10(3)19-20)18-13(8-17)21(15)12-6-5-9(2)7-11(12)16/h5-7H,4,8H2,1-3H3. The predicted octanol–water partition coefficient (Wildman–Crippen LogP) is 4.36. The minimum absolute atomic E-state index is 0.359. The van der Waals surface area contributed by atoms with Crippen molar-refractivity contribution in [3.8, 4) is 5.69 Å². The van der Waals surface area contributed by atoms with Gasteiger partial charge in [-0.25, -0.2) is 9.67 Å². The number of aryl methyl sites for hydroxylation is 3. The summed E-state index contributed by atoms with van der Waals surface area (Å²) in [5, 5.41) is 4.55. The Kier molecular flexibility index (Phi) is 3.80. The van der Waals surface area contributed by atoms with Crippen molar-refractivity contribution >= 4 is 38.7 Å². The SMILES string of the molecule is CCn1nc(C)c2nc(CCl)n(-c3ccc(C)cc3Br)c21. The number of halogens is 2. The summed E-state index contributed by atoms with van der Waals surface area (Å²) in [6.45, 7) is 6.92. The molecular weight excluding hydrogens is 352 g/mol. The highest BCUT2D eigenvalue weighted by Crippen LogP contribution is 2.29. The van der Waals surface area contributed by atoms with Gasteiger partial charge in [-0.05, 0) is 54.4 Å². The Balaban J connectivity index is 2.39. The van der Waals surface area contributed by atoms with E-state index in [4.69, 9.17) is 11.6 Å². The highest BCUT2D eigenvalue weighted by Gasteiger charge is 2.20. The first-order chi connectivity index (χ1) is 10.1. The van der Waals surface area contributed by atoms with E-state index in [0.717, 1.165) is 39.4 Å². The molecule has 6 heteroatoms. The van der Waals surface area contributed by atoms with Crippen molar-refractivity contribution in [2.75, 3.05) is 0 Å². The Morgan fingerprint density at radius 2 is 2.05 bits per heavy atom. The van der Waals surface area contributed by atoms with Crippen LogP contribution >= 0.6 is 27.5 Å². The fourth-order valence-electron chi connectivity index (χ4n) is 2.57. The Labute approximate surface area is 136 Å². The molecule has 0 N–H and O–H groups in total. The highest BCUT2D eigenvalue weighted by molar-refractivity contribution is 9.10. The molecule has 3 rings (SSSR count). The molecule has 0 saturated heterocycles. The molecule has 0 amide bonds. The van der Waals surface area contributed by atoms with Crippen LogP contribution in [-0.4, -0.2) is 19.3 Å². The molecule has 3 aromatic rings. The molecule has 0 spiro atoms. The third-order valence-electron chi connectivity index (χ3n) is 3.54. The topological polar surface area (TPSA) is 35.6 Å². The van der Waals surface area contributed by atoms with Crippen LogP contribution < -0.4 is 0 Å². The lowest BCUT2D eigenvalue weighted by atomic mass is 10.2. The first kappa shape index (κ1) is 14.6. The molecule has 2 heterocycles. The summed E-state index contributed by atoms with van der Waals surface area (Å²) >= 11 is 9.76. The maximum absolute atomic E-state index is 6.11. The van der Waals surface area contributed by atoms with Gasteiger partial charge in [-0.1, -0.05) is 6.07 Å². The van der Waals surface area contributed by atoms with Crippen molar-refractivity contribution in [2.45, 2.75) is 33.2 Å². The van der Waals surface area contributed by atoms with Crippen LogP contribution in [0.3, 0.4) is 0 Å². The van der Waals surface area contributed by atoms with Gasteiger partial charge in [0, 0.05) is 11.0 Å². The number of imidazole rings is 1. The van der Waals surface area contributed by atoms with Crippen molar-refractivity contribution in [2.24, 2.45) is 0 Å². The number of nitrogens with zero attached hydrogens (tertiary/aromatic N) is 4. The summed E-state index contributed by atoms with van der Waals surface area (Å²) in [5.41, 5.74) is 5.08. The minimum Gasteiger partial charge on any atom is -0.279 e. The smallest absolute Gasteiger partial charge is 0.163 e. The zero-order valence-electron chi connectivity index (χ0n) is 12.2. The molecule has 1 aromatic carbocycles. The molecule has 2 aromatic heterocycles. The molecule has 21 heavy (non-hydrogen) atoms. The van der Waals surface area contributed by atoms with Crippen molar-refractivity contribution in [1.82, 2.24) is 19.3 Å².